The van der Waals surface area contributed by atoms with E-state index in [-0.39, 0.29) is 5.91 Å². The molecule has 3 rings (SSSR count). The number of benzene rings is 1. The number of hydrogen-bond acceptors (Lipinski definition) is 4. The summed E-state index contributed by atoms with van der Waals surface area (Å²) in [5.74, 6) is 0.916. The Balaban J connectivity index is 1.47. The highest BCUT2D eigenvalue weighted by molar-refractivity contribution is 6.30. The van der Waals surface area contributed by atoms with Gasteiger partial charge in [-0.15, -0.1) is 0 Å². The molecule has 2 aromatic rings. The van der Waals surface area contributed by atoms with Gasteiger partial charge in [-0.25, -0.2) is 0 Å². The molecule has 24 heavy (non-hydrogen) atoms. The summed E-state index contributed by atoms with van der Waals surface area (Å²) >= 11 is 6.06. The van der Waals surface area contributed by atoms with E-state index in [0.29, 0.717) is 13.1 Å². The molecule has 0 spiro atoms. The Bertz CT molecular complexity index is 667. The van der Waals surface area contributed by atoms with Gasteiger partial charge in [0.15, 0.2) is 0 Å². The van der Waals surface area contributed by atoms with Crippen molar-refractivity contribution >= 4 is 23.2 Å². The van der Waals surface area contributed by atoms with E-state index in [1.165, 1.54) is 0 Å². The fourth-order valence-electron chi connectivity index (χ4n) is 2.87. The fourth-order valence-corrected chi connectivity index (χ4v) is 3.06. The third-order valence-electron chi connectivity index (χ3n) is 4.30. The van der Waals surface area contributed by atoms with Gasteiger partial charge in [0.25, 0.3) is 0 Å². The average Bonchev–Trinajstić information content (AvgIpc) is 3.08. The predicted octanol–water partition coefficient (Wildman–Crippen LogP) is 2.71. The molecule has 1 fully saturated rings. The zero-order valence-electron chi connectivity index (χ0n) is 13.8. The first-order valence-corrected chi connectivity index (χ1v) is 8.49. The Morgan fingerprint density at radius 2 is 2.00 bits per heavy atom. The van der Waals surface area contributed by atoms with Crippen LogP contribution in [0.2, 0.25) is 5.02 Å². The summed E-state index contributed by atoms with van der Waals surface area (Å²) in [5, 5.41) is 0.754. The number of likely N-dealkylation sites (N-methyl/N-ethyl adjacent to an activating group) is 1. The van der Waals surface area contributed by atoms with Crippen LogP contribution in [-0.2, 0) is 11.3 Å². The molecule has 0 saturated carbocycles. The quantitative estimate of drug-likeness (QED) is 0.833. The van der Waals surface area contributed by atoms with Gasteiger partial charge in [0.1, 0.15) is 5.76 Å². The number of anilines is 1. The Labute approximate surface area is 147 Å². The molecule has 1 amide bonds. The number of hydrogen-bond donors (Lipinski definition) is 0. The summed E-state index contributed by atoms with van der Waals surface area (Å²) in [6.45, 7) is 4.49. The Morgan fingerprint density at radius 3 is 2.67 bits per heavy atom. The molecular weight excluding hydrogens is 326 g/mol. The minimum atomic E-state index is 0.114. The molecule has 0 aliphatic carbocycles. The number of rotatable bonds is 5. The van der Waals surface area contributed by atoms with Crippen LogP contribution in [0.4, 0.5) is 5.69 Å². The number of nitrogens with zero attached hydrogens (tertiary/aromatic N) is 3. The smallest absolute Gasteiger partial charge is 0.236 e. The highest BCUT2D eigenvalue weighted by Crippen LogP contribution is 2.20. The van der Waals surface area contributed by atoms with Crippen molar-refractivity contribution in [1.82, 2.24) is 9.80 Å². The number of piperazine rings is 1. The molecule has 6 heteroatoms. The van der Waals surface area contributed by atoms with E-state index >= 15 is 0 Å². The summed E-state index contributed by atoms with van der Waals surface area (Å²) < 4.78 is 5.29. The maximum Gasteiger partial charge on any atom is 0.236 e. The molecule has 1 aromatic heterocycles. The topological polar surface area (TPSA) is 39.9 Å². The number of amides is 1. The number of carbonyl (C=O) groups is 1. The monoisotopic (exact) mass is 347 g/mol. The van der Waals surface area contributed by atoms with Crippen molar-refractivity contribution in [3.63, 3.8) is 0 Å². The van der Waals surface area contributed by atoms with Crippen molar-refractivity contribution in [2.45, 2.75) is 6.54 Å². The molecule has 0 atom stereocenters. The van der Waals surface area contributed by atoms with Gasteiger partial charge in [-0.05, 0) is 30.3 Å². The summed E-state index contributed by atoms with van der Waals surface area (Å²) in [4.78, 5) is 18.6. The Hall–Kier alpha value is -1.98. The van der Waals surface area contributed by atoms with Gasteiger partial charge < -0.3 is 14.2 Å². The number of carbonyl (C=O) groups excluding carboxylic acids is 1. The largest absolute Gasteiger partial charge is 0.467 e. The third-order valence-corrected chi connectivity index (χ3v) is 4.54. The van der Waals surface area contributed by atoms with Gasteiger partial charge in [-0.2, -0.15) is 0 Å². The average molecular weight is 348 g/mol. The summed E-state index contributed by atoms with van der Waals surface area (Å²) in [7, 11) is 1.81. The highest BCUT2D eigenvalue weighted by Gasteiger charge is 2.21. The van der Waals surface area contributed by atoms with Crippen molar-refractivity contribution in [3.8, 4) is 0 Å². The van der Waals surface area contributed by atoms with Crippen LogP contribution in [0, 0.1) is 0 Å². The molecular formula is C18H22ClN3O2. The first-order chi connectivity index (χ1) is 11.6. The zero-order chi connectivity index (χ0) is 16.9. The molecule has 0 N–H and O–H groups in total. The van der Waals surface area contributed by atoms with Gasteiger partial charge in [-0.3, -0.25) is 9.69 Å². The first-order valence-electron chi connectivity index (χ1n) is 8.11. The minimum Gasteiger partial charge on any atom is -0.467 e. The first kappa shape index (κ1) is 16.9. The van der Waals surface area contributed by atoms with Gasteiger partial charge in [-0.1, -0.05) is 17.7 Å². The summed E-state index contributed by atoms with van der Waals surface area (Å²) in [6, 6.07) is 11.6. The highest BCUT2D eigenvalue weighted by atomic mass is 35.5. The van der Waals surface area contributed by atoms with E-state index in [9.17, 15) is 4.79 Å². The van der Waals surface area contributed by atoms with Crippen LogP contribution in [-0.4, -0.2) is 55.5 Å². The number of halogens is 1. The molecule has 0 radical (unpaired) electrons. The van der Waals surface area contributed by atoms with Crippen molar-refractivity contribution < 1.29 is 9.21 Å². The second-order valence-corrected chi connectivity index (χ2v) is 6.51. The van der Waals surface area contributed by atoms with E-state index in [2.05, 4.69) is 15.9 Å². The Morgan fingerprint density at radius 1 is 1.21 bits per heavy atom. The lowest BCUT2D eigenvalue weighted by Crippen LogP contribution is -2.49. The molecule has 1 aromatic carbocycles. The molecule has 0 bridgehead atoms. The minimum absolute atomic E-state index is 0.114. The lowest BCUT2D eigenvalue weighted by Gasteiger charge is -2.36. The van der Waals surface area contributed by atoms with E-state index in [4.69, 9.17) is 16.0 Å². The summed E-state index contributed by atoms with van der Waals surface area (Å²) in [6.07, 6.45) is 1.63. The van der Waals surface area contributed by atoms with E-state index in [1.807, 2.05) is 37.4 Å². The standard InChI is InChI=1S/C18H22ClN3O2/c1-20(13-17-6-3-11-24-17)18(23)14-21-7-9-22(10-8-21)16-5-2-4-15(19)12-16/h2-6,11-12H,7-10,13-14H2,1H3. The van der Waals surface area contributed by atoms with Crippen molar-refractivity contribution in [1.29, 1.82) is 0 Å². The van der Waals surface area contributed by atoms with Crippen molar-refractivity contribution in [2.24, 2.45) is 0 Å². The van der Waals surface area contributed by atoms with Crippen LogP contribution >= 0.6 is 11.6 Å². The normalized spacial score (nSPS) is 15.5. The van der Waals surface area contributed by atoms with Gasteiger partial charge in [0.05, 0.1) is 19.4 Å². The van der Waals surface area contributed by atoms with Crippen LogP contribution in [0.3, 0.4) is 0 Å². The van der Waals surface area contributed by atoms with E-state index < -0.39 is 0 Å². The third kappa shape index (κ3) is 4.30. The van der Waals surface area contributed by atoms with Crippen molar-refractivity contribution in [3.05, 3.63) is 53.4 Å². The van der Waals surface area contributed by atoms with Crippen LogP contribution in [0.15, 0.2) is 47.1 Å². The second-order valence-electron chi connectivity index (χ2n) is 6.07. The van der Waals surface area contributed by atoms with Crippen LogP contribution in [0.5, 0.6) is 0 Å². The number of furan rings is 1. The fraction of sp³-hybridized carbons (Fsp3) is 0.389. The SMILES string of the molecule is CN(Cc1ccco1)C(=O)CN1CCN(c2cccc(Cl)c2)CC1. The molecule has 128 valence electrons. The maximum absolute atomic E-state index is 12.3. The lowest BCUT2D eigenvalue weighted by atomic mass is 10.2. The Kier molecular flexibility index (Phi) is 5.43. The lowest BCUT2D eigenvalue weighted by molar-refractivity contribution is -0.131. The zero-order valence-corrected chi connectivity index (χ0v) is 14.6. The summed E-state index contributed by atoms with van der Waals surface area (Å²) in [5.41, 5.74) is 1.14. The van der Waals surface area contributed by atoms with Crippen molar-refractivity contribution in [2.75, 3.05) is 44.7 Å². The predicted molar refractivity (Wildman–Crippen MR) is 95.3 cm³/mol. The van der Waals surface area contributed by atoms with Gasteiger partial charge >= 0.3 is 0 Å². The van der Waals surface area contributed by atoms with E-state index in [1.54, 1.807) is 11.2 Å². The van der Waals surface area contributed by atoms with Gasteiger partial charge in [0.2, 0.25) is 5.91 Å². The van der Waals surface area contributed by atoms with E-state index in [0.717, 1.165) is 42.6 Å². The molecule has 5 nitrogen and oxygen atoms in total. The van der Waals surface area contributed by atoms with Crippen LogP contribution < -0.4 is 4.90 Å². The molecule has 1 saturated heterocycles. The molecule has 0 unspecified atom stereocenters. The van der Waals surface area contributed by atoms with Crippen LogP contribution in [0.25, 0.3) is 0 Å². The molecule has 1 aliphatic rings. The second kappa shape index (κ2) is 7.73. The maximum atomic E-state index is 12.3. The van der Waals surface area contributed by atoms with Crippen LogP contribution in [0.1, 0.15) is 5.76 Å². The molecule has 2 heterocycles. The van der Waals surface area contributed by atoms with Gasteiger partial charge in [0, 0.05) is 43.9 Å². The molecule has 1 aliphatic heterocycles.